The highest BCUT2D eigenvalue weighted by Crippen LogP contribution is 2.35. The summed E-state index contributed by atoms with van der Waals surface area (Å²) in [5.74, 6) is -0.591. The van der Waals surface area contributed by atoms with Gasteiger partial charge in [-0.05, 0) is 31.0 Å². The van der Waals surface area contributed by atoms with Crippen LogP contribution < -0.4 is 15.5 Å². The number of pyridine rings is 1. The third-order valence-corrected chi connectivity index (χ3v) is 5.94. The number of halogens is 3. The van der Waals surface area contributed by atoms with Gasteiger partial charge in [-0.1, -0.05) is 34.8 Å². The summed E-state index contributed by atoms with van der Waals surface area (Å²) in [5.41, 5.74) is 0.131. The zero-order valence-corrected chi connectivity index (χ0v) is 17.7. The minimum Gasteiger partial charge on any atom is -0.351 e. The Morgan fingerprint density at radius 1 is 1.13 bits per heavy atom. The van der Waals surface area contributed by atoms with Gasteiger partial charge in [0.15, 0.2) is 0 Å². The number of benzene rings is 1. The van der Waals surface area contributed by atoms with Crippen LogP contribution in [0.15, 0.2) is 30.5 Å². The van der Waals surface area contributed by atoms with Gasteiger partial charge in [0, 0.05) is 31.3 Å². The normalized spacial score (nSPS) is 14.3. The molecular formula is C18H16Cl3N5O4. The predicted octanol–water partition coefficient (Wildman–Crippen LogP) is 4.51. The second kappa shape index (κ2) is 9.46. The van der Waals surface area contributed by atoms with Crippen molar-refractivity contribution in [3.05, 3.63) is 55.6 Å². The molecule has 0 spiro atoms. The molecule has 1 aliphatic heterocycles. The molecule has 2 N–H and O–H groups in total. The van der Waals surface area contributed by atoms with E-state index in [2.05, 4.69) is 15.6 Å². The van der Waals surface area contributed by atoms with Crippen LogP contribution in [-0.4, -0.2) is 34.9 Å². The van der Waals surface area contributed by atoms with Crippen molar-refractivity contribution in [2.75, 3.05) is 23.3 Å². The van der Waals surface area contributed by atoms with Crippen LogP contribution in [0.25, 0.3) is 0 Å². The van der Waals surface area contributed by atoms with Crippen LogP contribution in [0.3, 0.4) is 0 Å². The molecule has 1 aromatic heterocycles. The van der Waals surface area contributed by atoms with Gasteiger partial charge in [0.05, 0.1) is 25.7 Å². The molecule has 0 unspecified atom stereocenters. The fourth-order valence-electron chi connectivity index (χ4n) is 3.12. The molecule has 1 saturated heterocycles. The van der Waals surface area contributed by atoms with Gasteiger partial charge in [0.25, 0.3) is 0 Å². The van der Waals surface area contributed by atoms with E-state index < -0.39 is 22.8 Å². The smallest absolute Gasteiger partial charge is 0.325 e. The first-order chi connectivity index (χ1) is 14.3. The highest BCUT2D eigenvalue weighted by atomic mass is 35.5. The average Bonchev–Trinajstić information content (AvgIpc) is 2.74. The first-order valence-electron chi connectivity index (χ1n) is 8.87. The Balaban J connectivity index is 1.56. The molecule has 3 rings (SSSR count). The van der Waals surface area contributed by atoms with E-state index in [0.717, 1.165) is 0 Å². The zero-order chi connectivity index (χ0) is 21.8. The summed E-state index contributed by atoms with van der Waals surface area (Å²) in [6.07, 6.45) is 2.32. The van der Waals surface area contributed by atoms with Gasteiger partial charge in [-0.2, -0.15) is 0 Å². The molecule has 9 nitrogen and oxygen atoms in total. The van der Waals surface area contributed by atoms with E-state index in [4.69, 9.17) is 34.8 Å². The number of carbonyl (C=O) groups excluding carboxylic acids is 2. The SMILES string of the molecule is O=C(NC(=O)C1CCN(c2ncccc2[N+](=O)[O-])CC1)Nc1ccc(Cl)c(Cl)c1Cl. The maximum absolute atomic E-state index is 12.4. The summed E-state index contributed by atoms with van der Waals surface area (Å²) in [5, 5.41) is 16.3. The van der Waals surface area contributed by atoms with E-state index in [-0.39, 0.29) is 32.3 Å². The van der Waals surface area contributed by atoms with Crippen molar-refractivity contribution in [1.29, 1.82) is 0 Å². The van der Waals surface area contributed by atoms with Gasteiger partial charge >= 0.3 is 11.7 Å². The van der Waals surface area contributed by atoms with E-state index in [9.17, 15) is 19.7 Å². The van der Waals surface area contributed by atoms with E-state index >= 15 is 0 Å². The number of amides is 3. The first kappa shape index (κ1) is 22.1. The summed E-state index contributed by atoms with van der Waals surface area (Å²) >= 11 is 17.8. The summed E-state index contributed by atoms with van der Waals surface area (Å²) in [7, 11) is 0. The monoisotopic (exact) mass is 471 g/mol. The number of rotatable bonds is 4. The largest absolute Gasteiger partial charge is 0.351 e. The van der Waals surface area contributed by atoms with Crippen molar-refractivity contribution in [1.82, 2.24) is 10.3 Å². The standard InChI is InChI=1S/C18H16Cl3N5O4/c19-11-3-4-12(15(21)14(11)20)23-18(28)24-17(27)10-5-8-25(9-6-10)16-13(26(29)30)2-1-7-22-16/h1-4,7,10H,5-6,8-9H2,(H2,23,24,27,28). The number of nitrogens with zero attached hydrogens (tertiary/aromatic N) is 3. The Morgan fingerprint density at radius 3 is 2.50 bits per heavy atom. The number of hydrogen-bond acceptors (Lipinski definition) is 6. The molecule has 0 atom stereocenters. The van der Waals surface area contributed by atoms with Gasteiger partial charge in [-0.15, -0.1) is 0 Å². The molecule has 12 heteroatoms. The number of nitro groups is 1. The lowest BCUT2D eigenvalue weighted by atomic mass is 9.96. The molecule has 1 aromatic carbocycles. The number of nitrogens with one attached hydrogen (secondary N) is 2. The van der Waals surface area contributed by atoms with Gasteiger partial charge in [-0.25, -0.2) is 9.78 Å². The van der Waals surface area contributed by atoms with E-state index in [1.54, 1.807) is 4.90 Å². The van der Waals surface area contributed by atoms with Crippen LogP contribution in [0.2, 0.25) is 15.1 Å². The minimum absolute atomic E-state index is 0.0667. The zero-order valence-electron chi connectivity index (χ0n) is 15.4. The molecule has 2 aromatic rings. The Kier molecular flexibility index (Phi) is 6.96. The second-order valence-electron chi connectivity index (χ2n) is 6.53. The molecule has 2 heterocycles. The van der Waals surface area contributed by atoms with Gasteiger partial charge in [0.1, 0.15) is 0 Å². The van der Waals surface area contributed by atoms with Crippen LogP contribution in [0.4, 0.5) is 22.0 Å². The number of piperidine rings is 1. The van der Waals surface area contributed by atoms with Crippen molar-refractivity contribution >= 4 is 63.9 Å². The lowest BCUT2D eigenvalue weighted by Gasteiger charge is -2.31. The van der Waals surface area contributed by atoms with Crippen molar-refractivity contribution in [3.8, 4) is 0 Å². The fraction of sp³-hybridized carbons (Fsp3) is 0.278. The first-order valence-corrected chi connectivity index (χ1v) is 10.0. The van der Waals surface area contributed by atoms with Gasteiger partial charge in [0.2, 0.25) is 11.7 Å². The summed E-state index contributed by atoms with van der Waals surface area (Å²) in [6, 6.07) is 5.08. The van der Waals surface area contributed by atoms with Crippen LogP contribution in [-0.2, 0) is 4.79 Å². The molecule has 1 fully saturated rings. The molecular weight excluding hydrogens is 457 g/mol. The van der Waals surface area contributed by atoms with E-state index in [1.165, 1.54) is 30.5 Å². The Bertz CT molecular complexity index is 996. The van der Waals surface area contributed by atoms with Gasteiger partial charge < -0.3 is 10.2 Å². The molecule has 0 radical (unpaired) electrons. The molecule has 1 aliphatic rings. The van der Waals surface area contributed by atoms with Crippen molar-refractivity contribution < 1.29 is 14.5 Å². The quantitative estimate of drug-likeness (QED) is 0.384. The van der Waals surface area contributed by atoms with Crippen LogP contribution >= 0.6 is 34.8 Å². The van der Waals surface area contributed by atoms with Crippen molar-refractivity contribution in [2.45, 2.75) is 12.8 Å². The van der Waals surface area contributed by atoms with Crippen molar-refractivity contribution in [2.24, 2.45) is 5.92 Å². The van der Waals surface area contributed by atoms with E-state index in [1.807, 2.05) is 0 Å². The number of imide groups is 1. The summed E-state index contributed by atoms with van der Waals surface area (Å²) in [4.78, 5) is 41.1. The predicted molar refractivity (Wildman–Crippen MR) is 114 cm³/mol. The summed E-state index contributed by atoms with van der Waals surface area (Å²) < 4.78 is 0. The molecule has 158 valence electrons. The minimum atomic E-state index is -0.747. The van der Waals surface area contributed by atoms with E-state index in [0.29, 0.717) is 25.9 Å². The molecule has 3 amide bonds. The molecule has 30 heavy (non-hydrogen) atoms. The van der Waals surface area contributed by atoms with Gasteiger partial charge in [-0.3, -0.25) is 20.2 Å². The molecule has 0 bridgehead atoms. The van der Waals surface area contributed by atoms with Crippen LogP contribution in [0.1, 0.15) is 12.8 Å². The highest BCUT2D eigenvalue weighted by Gasteiger charge is 2.29. The second-order valence-corrected chi connectivity index (χ2v) is 7.69. The third-order valence-electron chi connectivity index (χ3n) is 4.65. The molecule has 0 aliphatic carbocycles. The number of urea groups is 1. The van der Waals surface area contributed by atoms with Crippen LogP contribution in [0.5, 0.6) is 0 Å². The number of aromatic nitrogens is 1. The van der Waals surface area contributed by atoms with Crippen LogP contribution in [0, 0.1) is 16.0 Å². The number of anilines is 2. The lowest BCUT2D eigenvalue weighted by Crippen LogP contribution is -2.44. The topological polar surface area (TPSA) is 117 Å². The highest BCUT2D eigenvalue weighted by molar-refractivity contribution is 6.49. The Labute approximate surface area is 186 Å². The Hall–Kier alpha value is -2.62. The molecule has 0 saturated carbocycles. The third kappa shape index (κ3) is 4.92. The maximum atomic E-state index is 12.4. The maximum Gasteiger partial charge on any atom is 0.325 e. The number of carbonyl (C=O) groups is 2. The van der Waals surface area contributed by atoms with Crippen molar-refractivity contribution in [3.63, 3.8) is 0 Å². The summed E-state index contributed by atoms with van der Waals surface area (Å²) in [6.45, 7) is 0.798. The average molecular weight is 473 g/mol. The fourth-order valence-corrected chi connectivity index (χ4v) is 3.70. The number of hydrogen-bond donors (Lipinski definition) is 2. The lowest BCUT2D eigenvalue weighted by molar-refractivity contribution is -0.384. The Morgan fingerprint density at radius 2 is 1.83 bits per heavy atom.